The van der Waals surface area contributed by atoms with Crippen LogP contribution in [0.15, 0.2) is 72.2 Å². The van der Waals surface area contributed by atoms with E-state index in [-0.39, 0.29) is 94.4 Å². The van der Waals surface area contributed by atoms with Crippen molar-refractivity contribution in [2.24, 2.45) is 28.1 Å². The number of amides is 11. The third kappa shape index (κ3) is 19.5. The first-order valence-corrected chi connectivity index (χ1v) is 27.9. The molecule has 4 heterocycles. The number of aromatic amines is 2. The summed E-state index contributed by atoms with van der Waals surface area (Å²) in [6, 6.07) is 1.79. The molecule has 2 aliphatic heterocycles. The number of phenols is 1. The zero-order valence-electron chi connectivity index (χ0n) is 47.4. The third-order valence-corrected chi connectivity index (χ3v) is 14.1. The first kappa shape index (κ1) is 65.5. The van der Waals surface area contributed by atoms with Gasteiger partial charge in [-0.1, -0.05) is 44.2 Å². The zero-order chi connectivity index (χ0) is 62.6. The number of aromatic nitrogens is 3. The Morgan fingerprint density at radius 2 is 1.40 bits per heavy atom. The molecule has 0 radical (unpaired) electrons. The number of para-hydroxylation sites is 1. The second kappa shape index (κ2) is 31.3. The summed E-state index contributed by atoms with van der Waals surface area (Å²) in [4.78, 5) is 164. The molecule has 2 saturated heterocycles. The van der Waals surface area contributed by atoms with Crippen LogP contribution in [0.5, 0.6) is 5.75 Å². The van der Waals surface area contributed by atoms with E-state index >= 15 is 0 Å². The Morgan fingerprint density at radius 1 is 0.744 bits per heavy atom. The molecule has 6 rings (SSSR count). The number of aliphatic hydroxyl groups excluding tert-OH is 2. The van der Waals surface area contributed by atoms with Crippen molar-refractivity contribution in [3.8, 4) is 5.75 Å². The number of guanidine groups is 1. The van der Waals surface area contributed by atoms with Gasteiger partial charge in [0.1, 0.15) is 54.1 Å². The summed E-state index contributed by atoms with van der Waals surface area (Å²) >= 11 is 0. The quantitative estimate of drug-likeness (QED) is 0.0127. The van der Waals surface area contributed by atoms with Crippen molar-refractivity contribution in [1.82, 2.24) is 67.7 Å². The predicted octanol–water partition coefficient (Wildman–Crippen LogP) is -5.42. The SMILES string of the molecule is CC(C)CC(NC(=O)CNC(=O)C(Cc1ccc(O)cc1)NC(=O)C(CO)NC(=O)C(Cc1c[nH]c2ccccc12)NC(=O)C(Cc1cnc[nH]1)NC(=O)C1CCC(=O)N1)C(=O)NC(CCCN=C(N)N)C(=O)N1CC(O)CC1C(=O)NCC(N)=O. The van der Waals surface area contributed by atoms with Crippen LogP contribution in [-0.4, -0.2) is 193 Å². The van der Waals surface area contributed by atoms with E-state index in [1.54, 1.807) is 44.3 Å². The van der Waals surface area contributed by atoms with E-state index in [1.165, 1.54) is 36.8 Å². The van der Waals surface area contributed by atoms with Gasteiger partial charge >= 0.3 is 0 Å². The molecule has 0 bridgehead atoms. The van der Waals surface area contributed by atoms with Crippen molar-refractivity contribution in [3.05, 3.63) is 84.1 Å². The lowest BCUT2D eigenvalue weighted by Crippen LogP contribution is -2.60. The lowest BCUT2D eigenvalue weighted by molar-refractivity contribution is -0.142. The van der Waals surface area contributed by atoms with Crippen molar-refractivity contribution in [3.63, 3.8) is 0 Å². The van der Waals surface area contributed by atoms with Gasteiger partial charge in [-0.2, -0.15) is 0 Å². The summed E-state index contributed by atoms with van der Waals surface area (Å²) in [6.07, 6.45) is 2.95. The number of primary amides is 1. The summed E-state index contributed by atoms with van der Waals surface area (Å²) in [5.74, 6) is -9.50. The monoisotopic (exact) mass is 1200 g/mol. The number of carbonyl (C=O) groups excluding carboxylic acids is 11. The highest BCUT2D eigenvalue weighted by atomic mass is 16.3. The molecule has 2 fully saturated rings. The normalized spacial score (nSPS) is 17.6. The smallest absolute Gasteiger partial charge is 0.245 e. The molecule has 20 N–H and O–H groups in total. The minimum absolute atomic E-state index is 0.0186. The van der Waals surface area contributed by atoms with Crippen LogP contribution in [0.25, 0.3) is 10.9 Å². The summed E-state index contributed by atoms with van der Waals surface area (Å²) < 4.78 is 0. The summed E-state index contributed by atoms with van der Waals surface area (Å²) in [5.41, 5.74) is 18.3. The van der Waals surface area contributed by atoms with Crippen LogP contribution >= 0.6 is 0 Å². The number of phenolic OH excluding ortho intramolecular Hbond substituents is 1. The number of aliphatic imine (C=N–C) groups is 1. The standard InChI is InChI=1S/C55H75N17O14/c1-28(2)16-38(49(81)67-37(8-5-15-60-55(57)58)54(86)72-25-33(75)20-43(72)53(85)62-23-44(56)76)66-46(78)24-63-47(79)39(17-29-9-11-32(74)12-10-29)68-52(84)42(26-73)71-50(82)40(18-30-21-61-35-7-4-3-6-34(30)35)69-51(83)41(19-31-22-59-27-64-31)70-48(80)36-13-14-45(77)65-36/h3-4,6-7,9-12,21-22,27-28,33,36-43,61,73-75H,5,8,13-20,23-26H2,1-2H3,(H2,56,76)(H,59,64)(H,62,85)(H,63,79)(H,65,77)(H,66,78)(H,67,81)(H,68,84)(H,69,83)(H,70,80)(H,71,82)(H4,57,58,60). The minimum Gasteiger partial charge on any atom is -0.508 e. The van der Waals surface area contributed by atoms with E-state index in [9.17, 15) is 68.1 Å². The Labute approximate surface area is 493 Å². The van der Waals surface area contributed by atoms with Gasteiger partial charge in [-0.15, -0.1) is 0 Å². The number of likely N-dealkylation sites (tertiary alicyclic amines) is 1. The van der Waals surface area contributed by atoms with Crippen molar-refractivity contribution >= 4 is 81.8 Å². The molecule has 86 heavy (non-hydrogen) atoms. The number of nitrogens with one attached hydrogen (secondary N) is 11. The minimum atomic E-state index is -1.77. The average molecular weight is 1200 g/mol. The highest BCUT2D eigenvalue weighted by Crippen LogP contribution is 2.22. The van der Waals surface area contributed by atoms with E-state index < -0.39 is 133 Å². The Morgan fingerprint density at radius 3 is 2.03 bits per heavy atom. The molecule has 9 atom stereocenters. The molecular weight excluding hydrogens is 1120 g/mol. The van der Waals surface area contributed by atoms with Crippen molar-refractivity contribution in [2.45, 2.75) is 126 Å². The number of imidazole rings is 1. The van der Waals surface area contributed by atoms with Gasteiger partial charge in [0.2, 0.25) is 65.0 Å². The number of nitrogens with zero attached hydrogens (tertiary/aromatic N) is 3. The average Bonchev–Trinajstić information content (AvgIpc) is 3.98. The summed E-state index contributed by atoms with van der Waals surface area (Å²) in [7, 11) is 0. The Balaban J connectivity index is 1.16. The van der Waals surface area contributed by atoms with Gasteiger partial charge in [-0.25, -0.2) is 4.98 Å². The number of hydrogen-bond donors (Lipinski definition) is 17. The number of carbonyl (C=O) groups is 11. The molecule has 4 aromatic rings. The Kier molecular flexibility index (Phi) is 23.8. The fourth-order valence-corrected chi connectivity index (χ4v) is 9.80. The molecule has 31 heteroatoms. The van der Waals surface area contributed by atoms with Crippen molar-refractivity contribution in [1.29, 1.82) is 0 Å². The second-order valence-electron chi connectivity index (χ2n) is 21.4. The molecule has 9 unspecified atom stereocenters. The summed E-state index contributed by atoms with van der Waals surface area (Å²) in [6.45, 7) is 0.928. The number of hydrogen-bond acceptors (Lipinski definition) is 16. The lowest BCUT2D eigenvalue weighted by Gasteiger charge is -2.30. The zero-order valence-corrected chi connectivity index (χ0v) is 47.4. The Hall–Kier alpha value is -9.65. The van der Waals surface area contributed by atoms with Crippen LogP contribution in [0.1, 0.15) is 69.2 Å². The molecule has 31 nitrogen and oxygen atoms in total. The maximum absolute atomic E-state index is 14.4. The molecule has 2 aromatic carbocycles. The molecule has 0 aliphatic carbocycles. The first-order chi connectivity index (χ1) is 41.0. The van der Waals surface area contributed by atoms with Gasteiger partial charge in [0, 0.05) is 74.2 Å². The van der Waals surface area contributed by atoms with E-state index in [0.717, 1.165) is 4.90 Å². The predicted molar refractivity (Wildman–Crippen MR) is 307 cm³/mol. The van der Waals surface area contributed by atoms with Crippen LogP contribution in [0.4, 0.5) is 0 Å². The van der Waals surface area contributed by atoms with Crippen LogP contribution in [-0.2, 0) is 72.0 Å². The highest BCUT2D eigenvalue weighted by Gasteiger charge is 2.42. The number of benzene rings is 2. The number of fused-ring (bicyclic) bond motifs is 1. The highest BCUT2D eigenvalue weighted by molar-refractivity contribution is 5.99. The lowest BCUT2D eigenvalue weighted by atomic mass is 10.0. The summed E-state index contributed by atoms with van der Waals surface area (Å²) in [5, 5.41) is 54.7. The fraction of sp³-hybridized carbons (Fsp3) is 0.473. The number of aromatic hydroxyl groups is 1. The van der Waals surface area contributed by atoms with E-state index in [4.69, 9.17) is 17.2 Å². The topological polar surface area (TPSA) is 495 Å². The largest absolute Gasteiger partial charge is 0.508 e. The van der Waals surface area contributed by atoms with Gasteiger partial charge in [0.25, 0.3) is 0 Å². The Bertz CT molecular complexity index is 3090. The van der Waals surface area contributed by atoms with Crippen LogP contribution < -0.4 is 65.1 Å². The first-order valence-electron chi connectivity index (χ1n) is 27.9. The molecule has 2 aliphatic rings. The maximum atomic E-state index is 14.4. The van der Waals surface area contributed by atoms with Crippen molar-refractivity contribution in [2.75, 3.05) is 32.8 Å². The number of β-amino-alcohol motifs (C(OH)–C–C–N with tert-alkyl or cyclic N) is 1. The number of rotatable bonds is 31. The van der Waals surface area contributed by atoms with Crippen LogP contribution in [0, 0.1) is 5.92 Å². The van der Waals surface area contributed by atoms with Gasteiger partial charge < -0.3 is 95.2 Å². The number of nitrogens with two attached hydrogens (primary N) is 3. The molecular formula is C55H75N17O14. The van der Waals surface area contributed by atoms with Gasteiger partial charge in [-0.05, 0) is 60.9 Å². The number of aliphatic hydroxyl groups is 2. The van der Waals surface area contributed by atoms with Crippen LogP contribution in [0.3, 0.4) is 0 Å². The van der Waals surface area contributed by atoms with Crippen molar-refractivity contribution < 1.29 is 68.1 Å². The molecule has 2 aromatic heterocycles. The number of H-pyrrole nitrogens is 2. The molecule has 0 saturated carbocycles. The van der Waals surface area contributed by atoms with Gasteiger partial charge in [0.15, 0.2) is 5.96 Å². The van der Waals surface area contributed by atoms with E-state index in [0.29, 0.717) is 27.7 Å². The van der Waals surface area contributed by atoms with E-state index in [1.807, 2.05) is 0 Å². The van der Waals surface area contributed by atoms with E-state index in [2.05, 4.69) is 67.8 Å². The van der Waals surface area contributed by atoms with Gasteiger partial charge in [-0.3, -0.25) is 57.7 Å². The molecule has 0 spiro atoms. The fourth-order valence-electron chi connectivity index (χ4n) is 9.80. The van der Waals surface area contributed by atoms with Crippen LogP contribution in [0.2, 0.25) is 0 Å². The molecule has 11 amide bonds. The maximum Gasteiger partial charge on any atom is 0.245 e. The third-order valence-electron chi connectivity index (χ3n) is 14.1. The second-order valence-corrected chi connectivity index (χ2v) is 21.4. The van der Waals surface area contributed by atoms with Gasteiger partial charge in [0.05, 0.1) is 32.1 Å². The molecule has 464 valence electrons.